The van der Waals surface area contributed by atoms with E-state index in [4.69, 9.17) is 21.8 Å². The molecule has 2 aliphatic heterocycles. The van der Waals surface area contributed by atoms with Crippen LogP contribution in [0.3, 0.4) is 0 Å². The first-order chi connectivity index (χ1) is 17.8. The number of aromatic nitrogens is 5. The number of amides is 1. The first kappa shape index (κ1) is 25.3. The number of likely N-dealkylation sites (tertiary alicyclic amines) is 1. The third-order valence-corrected chi connectivity index (χ3v) is 7.31. The lowest BCUT2D eigenvalue weighted by Crippen LogP contribution is -2.59. The van der Waals surface area contributed by atoms with Gasteiger partial charge in [-0.3, -0.25) is 9.69 Å². The fourth-order valence-electron chi connectivity index (χ4n) is 5.18. The molecule has 13 heteroatoms. The Bertz CT molecular complexity index is 1280. The van der Waals surface area contributed by atoms with Gasteiger partial charge in [0.25, 0.3) is 17.7 Å². The van der Waals surface area contributed by atoms with E-state index < -0.39 is 5.95 Å². The molecule has 5 heterocycles. The lowest BCUT2D eigenvalue weighted by molar-refractivity contribution is 0.0490. The Morgan fingerprint density at radius 1 is 1.19 bits per heavy atom. The maximum Gasteiger partial charge on any atom is 0.267 e. The average molecular weight is 530 g/mol. The molecule has 3 aromatic rings. The largest absolute Gasteiger partial charge is 0.420 e. The van der Waals surface area contributed by atoms with Gasteiger partial charge < -0.3 is 20.0 Å². The van der Waals surface area contributed by atoms with Gasteiger partial charge in [0.2, 0.25) is 5.89 Å². The van der Waals surface area contributed by atoms with E-state index in [0.717, 1.165) is 25.8 Å². The maximum atomic E-state index is 14.9. The molecule has 1 amide bonds. The molecule has 2 saturated heterocycles. The minimum atomic E-state index is -0.653. The van der Waals surface area contributed by atoms with Crippen molar-refractivity contribution in [3.63, 3.8) is 0 Å². The fraction of sp³-hybridized carbons (Fsp3) is 0.500. The smallest absolute Gasteiger partial charge is 0.267 e. The minimum absolute atomic E-state index is 0.120. The van der Waals surface area contributed by atoms with Crippen LogP contribution in [0.4, 0.5) is 16.0 Å². The Morgan fingerprint density at radius 3 is 2.62 bits per heavy atom. The van der Waals surface area contributed by atoms with Gasteiger partial charge >= 0.3 is 0 Å². The van der Waals surface area contributed by atoms with Crippen LogP contribution in [0.25, 0.3) is 11.6 Å². The van der Waals surface area contributed by atoms with Gasteiger partial charge in [-0.2, -0.15) is 4.39 Å². The van der Waals surface area contributed by atoms with Crippen molar-refractivity contribution in [3.05, 3.63) is 40.9 Å². The average Bonchev–Trinajstić information content (AvgIpc) is 3.34. The van der Waals surface area contributed by atoms with E-state index in [1.165, 1.54) is 6.20 Å². The van der Waals surface area contributed by atoms with Crippen molar-refractivity contribution in [2.24, 2.45) is 0 Å². The van der Waals surface area contributed by atoms with Crippen LogP contribution in [-0.2, 0) is 0 Å². The third kappa shape index (κ3) is 5.21. The molecule has 0 radical (unpaired) electrons. The summed E-state index contributed by atoms with van der Waals surface area (Å²) in [6.45, 7) is 7.13. The predicted octanol–water partition coefficient (Wildman–Crippen LogP) is 2.81. The fourth-order valence-corrected chi connectivity index (χ4v) is 5.34. The molecule has 5 rings (SSSR count). The summed E-state index contributed by atoms with van der Waals surface area (Å²) in [6.07, 6.45) is 4.09. The monoisotopic (exact) mass is 529 g/mol. The number of nitrogens with two attached hydrogens (primary N) is 1. The summed E-state index contributed by atoms with van der Waals surface area (Å²) < 4.78 is 20.3. The van der Waals surface area contributed by atoms with Crippen LogP contribution in [0, 0.1) is 12.9 Å². The molecule has 0 spiro atoms. The van der Waals surface area contributed by atoms with Crippen LogP contribution < -0.4 is 10.6 Å². The molecule has 1 atom stereocenters. The first-order valence-electron chi connectivity index (χ1n) is 12.4. The number of piperazine rings is 1. The SMILES string of the molecule is CC[C@H]1CN(c2ncc(-c3nnc(C)o3)nc2F)CCN1C1CCN(C(=O)c2ccc(Cl)nc2N)CC1. The number of nitrogens with zero attached hydrogens (tertiary/aromatic N) is 8. The Morgan fingerprint density at radius 2 is 1.97 bits per heavy atom. The van der Waals surface area contributed by atoms with Gasteiger partial charge in [0, 0.05) is 51.7 Å². The number of halogens is 2. The van der Waals surface area contributed by atoms with E-state index in [9.17, 15) is 9.18 Å². The van der Waals surface area contributed by atoms with Gasteiger partial charge in [-0.1, -0.05) is 18.5 Å². The summed E-state index contributed by atoms with van der Waals surface area (Å²) in [5, 5.41) is 7.90. The highest BCUT2D eigenvalue weighted by Crippen LogP contribution is 2.28. The second-order valence-electron chi connectivity index (χ2n) is 9.33. The Balaban J connectivity index is 1.21. The lowest BCUT2D eigenvalue weighted by Gasteiger charge is -2.47. The highest BCUT2D eigenvalue weighted by atomic mass is 35.5. The zero-order valence-electron chi connectivity index (χ0n) is 20.8. The Kier molecular flexibility index (Phi) is 7.20. The van der Waals surface area contributed by atoms with Crippen LogP contribution >= 0.6 is 11.6 Å². The molecule has 0 aliphatic carbocycles. The summed E-state index contributed by atoms with van der Waals surface area (Å²) in [5.74, 6) is 0.130. The standard InChI is InChI=1S/C24H29ClFN9O2/c1-3-15-13-34(22-20(26)29-18(12-28-22)23-32-31-14(2)37-23)10-11-35(15)16-6-8-33(9-7-16)24(36)17-4-5-19(25)30-21(17)27/h4-5,12,15-16H,3,6-11,13H2,1-2H3,(H2,27,30)/t15-/m0/s1. The highest BCUT2D eigenvalue weighted by Gasteiger charge is 2.35. The molecule has 2 fully saturated rings. The second kappa shape index (κ2) is 10.5. The number of nitrogen functional groups attached to an aromatic ring is 1. The molecular weight excluding hydrogens is 501 g/mol. The Hall–Kier alpha value is -3.38. The minimum Gasteiger partial charge on any atom is -0.420 e. The lowest BCUT2D eigenvalue weighted by atomic mass is 9.97. The summed E-state index contributed by atoms with van der Waals surface area (Å²) >= 11 is 5.87. The van der Waals surface area contributed by atoms with Crippen molar-refractivity contribution < 1.29 is 13.6 Å². The van der Waals surface area contributed by atoms with Crippen molar-refractivity contribution in [2.45, 2.75) is 45.2 Å². The van der Waals surface area contributed by atoms with Gasteiger partial charge in [0.05, 0.1) is 11.8 Å². The van der Waals surface area contributed by atoms with Gasteiger partial charge in [-0.05, 0) is 31.4 Å². The van der Waals surface area contributed by atoms with Gasteiger partial charge in [0.15, 0.2) is 5.82 Å². The van der Waals surface area contributed by atoms with E-state index in [2.05, 4.69) is 37.0 Å². The van der Waals surface area contributed by atoms with Gasteiger partial charge in [-0.25, -0.2) is 15.0 Å². The predicted molar refractivity (Wildman–Crippen MR) is 136 cm³/mol. The zero-order valence-corrected chi connectivity index (χ0v) is 21.5. The van der Waals surface area contributed by atoms with Gasteiger partial charge in [0.1, 0.15) is 16.7 Å². The maximum absolute atomic E-state index is 14.9. The van der Waals surface area contributed by atoms with Crippen molar-refractivity contribution >= 4 is 29.1 Å². The summed E-state index contributed by atoms with van der Waals surface area (Å²) in [5.41, 5.74) is 6.51. The van der Waals surface area contributed by atoms with Crippen LogP contribution in [0.1, 0.15) is 42.4 Å². The van der Waals surface area contributed by atoms with E-state index in [0.29, 0.717) is 43.7 Å². The van der Waals surface area contributed by atoms with E-state index in [-0.39, 0.29) is 40.3 Å². The number of carbonyl (C=O) groups excluding carboxylic acids is 1. The molecule has 2 N–H and O–H groups in total. The quantitative estimate of drug-likeness (QED) is 0.492. The van der Waals surface area contributed by atoms with Crippen LogP contribution in [0.2, 0.25) is 5.15 Å². The number of anilines is 2. The van der Waals surface area contributed by atoms with Crippen molar-refractivity contribution in [1.82, 2.24) is 34.9 Å². The number of aryl methyl sites for hydroxylation is 1. The Labute approximate surface area is 218 Å². The third-order valence-electron chi connectivity index (χ3n) is 7.10. The molecule has 2 aliphatic rings. The summed E-state index contributed by atoms with van der Waals surface area (Å²) in [6, 6.07) is 3.78. The molecule has 3 aromatic heterocycles. The number of piperidine rings is 1. The van der Waals surface area contributed by atoms with E-state index in [1.807, 2.05) is 9.80 Å². The van der Waals surface area contributed by atoms with E-state index >= 15 is 0 Å². The molecule has 0 saturated carbocycles. The second-order valence-corrected chi connectivity index (χ2v) is 9.72. The zero-order chi connectivity index (χ0) is 26.1. The van der Waals surface area contributed by atoms with Crippen LogP contribution in [0.5, 0.6) is 0 Å². The molecular formula is C24H29ClFN9O2. The van der Waals surface area contributed by atoms with Crippen molar-refractivity contribution in [2.75, 3.05) is 43.4 Å². The number of hydrogen-bond donors (Lipinski definition) is 1. The molecule has 0 aromatic carbocycles. The van der Waals surface area contributed by atoms with E-state index in [1.54, 1.807) is 19.1 Å². The van der Waals surface area contributed by atoms with Crippen molar-refractivity contribution in [3.8, 4) is 11.6 Å². The highest BCUT2D eigenvalue weighted by molar-refractivity contribution is 6.29. The van der Waals surface area contributed by atoms with Crippen LogP contribution in [-0.4, -0.2) is 85.7 Å². The normalized spacial score (nSPS) is 19.4. The molecule has 11 nitrogen and oxygen atoms in total. The molecule has 37 heavy (non-hydrogen) atoms. The summed E-state index contributed by atoms with van der Waals surface area (Å²) in [4.78, 5) is 31.6. The van der Waals surface area contributed by atoms with Gasteiger partial charge in [-0.15, -0.1) is 10.2 Å². The number of pyridine rings is 1. The number of carbonyl (C=O) groups is 1. The molecule has 0 bridgehead atoms. The number of rotatable bonds is 5. The topological polar surface area (TPSA) is 130 Å². The molecule has 196 valence electrons. The first-order valence-corrected chi connectivity index (χ1v) is 12.8. The number of hydrogen-bond acceptors (Lipinski definition) is 10. The molecule has 0 unspecified atom stereocenters. The van der Waals surface area contributed by atoms with Crippen LogP contribution in [0.15, 0.2) is 22.7 Å². The summed E-state index contributed by atoms with van der Waals surface area (Å²) in [7, 11) is 0. The van der Waals surface area contributed by atoms with Crippen molar-refractivity contribution in [1.29, 1.82) is 0 Å².